The van der Waals surface area contributed by atoms with Crippen LogP contribution in [0.15, 0.2) is 36.8 Å². The van der Waals surface area contributed by atoms with Gasteiger partial charge in [-0.2, -0.15) is 5.10 Å². The molecular formula is C30H38FN5O2. The Labute approximate surface area is 223 Å². The van der Waals surface area contributed by atoms with Gasteiger partial charge in [-0.05, 0) is 85.8 Å². The number of nitrogens with zero attached hydrogens (tertiary/aromatic N) is 4. The van der Waals surface area contributed by atoms with Crippen molar-refractivity contribution in [2.24, 2.45) is 18.9 Å². The number of ether oxygens (including phenoxy) is 1. The number of piperidine rings is 1. The third kappa shape index (κ3) is 4.41. The van der Waals surface area contributed by atoms with Gasteiger partial charge >= 0.3 is 0 Å². The number of hydrogen-bond acceptors (Lipinski definition) is 5. The number of alkyl halides is 1. The maximum Gasteiger partial charge on any atom is 0.229 e. The monoisotopic (exact) mass is 519 g/mol. The van der Waals surface area contributed by atoms with Crippen molar-refractivity contribution in [1.29, 1.82) is 0 Å². The van der Waals surface area contributed by atoms with Crippen LogP contribution in [0.1, 0.15) is 61.6 Å². The summed E-state index contributed by atoms with van der Waals surface area (Å²) in [7, 11) is 1.91. The molecule has 6 rings (SSSR count). The summed E-state index contributed by atoms with van der Waals surface area (Å²) in [5.74, 6) is 1.58. The molecule has 2 aromatic heterocycles. The van der Waals surface area contributed by atoms with Crippen molar-refractivity contribution in [3.8, 4) is 0 Å². The Balaban J connectivity index is 1.16. The van der Waals surface area contributed by atoms with Crippen molar-refractivity contribution >= 4 is 22.5 Å². The molecular weight excluding hydrogens is 481 g/mol. The molecule has 1 aromatic carbocycles. The Hall–Kier alpha value is -2.84. The lowest BCUT2D eigenvalue weighted by Gasteiger charge is -2.43. The summed E-state index contributed by atoms with van der Waals surface area (Å²) >= 11 is 0. The first kappa shape index (κ1) is 25.4. The minimum Gasteiger partial charge on any atom is -0.376 e. The van der Waals surface area contributed by atoms with Crippen LogP contribution in [0.3, 0.4) is 0 Å². The van der Waals surface area contributed by atoms with Crippen molar-refractivity contribution in [2.45, 2.75) is 63.6 Å². The fourth-order valence-electron chi connectivity index (χ4n) is 6.98. The van der Waals surface area contributed by atoms with E-state index in [0.29, 0.717) is 24.3 Å². The first-order valence-corrected chi connectivity index (χ1v) is 13.9. The highest BCUT2D eigenvalue weighted by molar-refractivity contribution is 5.97. The van der Waals surface area contributed by atoms with Crippen LogP contribution in [-0.4, -0.2) is 63.6 Å². The van der Waals surface area contributed by atoms with Gasteiger partial charge in [0.1, 0.15) is 12.0 Å². The fraction of sp³-hybridized carbons (Fsp3) is 0.567. The zero-order valence-electron chi connectivity index (χ0n) is 22.8. The lowest BCUT2D eigenvalue weighted by molar-refractivity contribution is -0.117. The van der Waals surface area contributed by atoms with Crippen LogP contribution in [-0.2, 0) is 16.6 Å². The van der Waals surface area contributed by atoms with E-state index in [9.17, 15) is 9.18 Å². The second-order valence-electron chi connectivity index (χ2n) is 11.8. The van der Waals surface area contributed by atoms with Gasteiger partial charge in [0.2, 0.25) is 5.91 Å². The Morgan fingerprint density at radius 1 is 1.21 bits per heavy atom. The van der Waals surface area contributed by atoms with E-state index >= 15 is 0 Å². The Bertz CT molecular complexity index is 1350. The average Bonchev–Trinajstić information content (AvgIpc) is 3.33. The van der Waals surface area contributed by atoms with E-state index in [1.165, 1.54) is 11.1 Å². The molecule has 0 bridgehead atoms. The molecule has 202 valence electrons. The van der Waals surface area contributed by atoms with E-state index < -0.39 is 11.7 Å². The number of aryl methyl sites for hydroxylation is 2. The molecule has 1 N–H and O–H groups in total. The van der Waals surface area contributed by atoms with Crippen molar-refractivity contribution in [3.63, 3.8) is 0 Å². The molecule has 3 aromatic rings. The number of anilines is 1. The normalized spacial score (nSPS) is 30.1. The van der Waals surface area contributed by atoms with Crippen LogP contribution < -0.4 is 5.32 Å². The van der Waals surface area contributed by atoms with Crippen LogP contribution in [0.25, 0.3) is 10.8 Å². The SMILES string of the molecule is CCC1C(C(=O)Nc2cc3cc(C4CCN([C@@]5(C)COC[C@H]5F)CC4)c(C)cc3cn2)C1c1cnn(C)c1. The molecule has 0 radical (unpaired) electrons. The number of benzene rings is 1. The number of fused-ring (bicyclic) bond motifs is 1. The summed E-state index contributed by atoms with van der Waals surface area (Å²) in [6, 6.07) is 6.47. The molecule has 3 fully saturated rings. The summed E-state index contributed by atoms with van der Waals surface area (Å²) in [5.41, 5.74) is 3.23. The molecule has 38 heavy (non-hydrogen) atoms. The van der Waals surface area contributed by atoms with Crippen molar-refractivity contribution in [3.05, 3.63) is 53.5 Å². The predicted molar refractivity (Wildman–Crippen MR) is 146 cm³/mol. The van der Waals surface area contributed by atoms with Crippen molar-refractivity contribution in [1.82, 2.24) is 19.7 Å². The Morgan fingerprint density at radius 2 is 2.00 bits per heavy atom. The average molecular weight is 520 g/mol. The lowest BCUT2D eigenvalue weighted by Crippen LogP contribution is -2.55. The number of pyridine rings is 1. The van der Waals surface area contributed by atoms with Gasteiger partial charge in [0.05, 0.1) is 24.9 Å². The standard InChI is InChI=1S/C30H38FN5O2/c1-5-23-27(22-14-33-35(4)15-22)28(23)29(37)34-26-12-20-11-24(18(2)10-21(20)13-32-26)19-6-8-36(9-7-19)30(3)17-38-16-25(30)31/h10-15,19,23,25,27-28H,5-9,16-17H2,1-4H3,(H,32,34,37)/t23?,25-,27?,28?,30+/m1/s1. The van der Waals surface area contributed by atoms with Gasteiger partial charge in [-0.1, -0.05) is 19.4 Å². The zero-order chi connectivity index (χ0) is 26.6. The molecule has 2 saturated heterocycles. The third-order valence-corrected chi connectivity index (χ3v) is 9.40. The first-order valence-electron chi connectivity index (χ1n) is 13.9. The zero-order valence-corrected chi connectivity index (χ0v) is 22.8. The second-order valence-corrected chi connectivity index (χ2v) is 11.8. The topological polar surface area (TPSA) is 72.3 Å². The van der Waals surface area contributed by atoms with Gasteiger partial charge in [-0.3, -0.25) is 14.4 Å². The summed E-state index contributed by atoms with van der Waals surface area (Å²) in [5, 5.41) is 9.55. The summed E-state index contributed by atoms with van der Waals surface area (Å²) < 4.78 is 21.8. The highest BCUT2D eigenvalue weighted by Gasteiger charge is 2.54. The van der Waals surface area contributed by atoms with Gasteiger partial charge < -0.3 is 10.1 Å². The maximum absolute atomic E-state index is 14.5. The Kier molecular flexibility index (Phi) is 6.51. The number of carbonyl (C=O) groups excluding carboxylic acids is 1. The number of rotatable bonds is 6. The van der Waals surface area contributed by atoms with Crippen molar-refractivity contribution < 1.29 is 13.9 Å². The van der Waals surface area contributed by atoms with Gasteiger partial charge in [0.25, 0.3) is 0 Å². The number of carbonyl (C=O) groups is 1. The van der Waals surface area contributed by atoms with Crippen LogP contribution in [0.2, 0.25) is 0 Å². The van der Waals surface area contributed by atoms with Gasteiger partial charge in [-0.25, -0.2) is 9.37 Å². The maximum atomic E-state index is 14.5. The minimum absolute atomic E-state index is 0.0350. The van der Waals surface area contributed by atoms with Crippen LogP contribution in [0.5, 0.6) is 0 Å². The molecule has 1 saturated carbocycles. The van der Waals surface area contributed by atoms with E-state index in [1.807, 2.05) is 38.6 Å². The van der Waals surface area contributed by atoms with Crippen LogP contribution in [0.4, 0.5) is 10.2 Å². The number of hydrogen-bond donors (Lipinski definition) is 1. The van der Waals surface area contributed by atoms with E-state index in [2.05, 4.69) is 46.3 Å². The van der Waals surface area contributed by atoms with E-state index in [0.717, 1.165) is 48.7 Å². The first-order chi connectivity index (χ1) is 18.3. The number of nitrogens with one attached hydrogen (secondary N) is 1. The second kappa shape index (κ2) is 9.72. The van der Waals surface area contributed by atoms with E-state index in [4.69, 9.17) is 4.74 Å². The number of aromatic nitrogens is 3. The summed E-state index contributed by atoms with van der Waals surface area (Å²) in [4.78, 5) is 20.1. The van der Waals surface area contributed by atoms with E-state index in [1.54, 1.807) is 4.68 Å². The number of amides is 1. The van der Waals surface area contributed by atoms with E-state index in [-0.39, 0.29) is 24.3 Å². The molecule has 1 aliphatic carbocycles. The molecule has 8 heteroatoms. The largest absolute Gasteiger partial charge is 0.376 e. The molecule has 3 unspecified atom stereocenters. The predicted octanol–water partition coefficient (Wildman–Crippen LogP) is 4.96. The fourth-order valence-corrected chi connectivity index (χ4v) is 6.98. The molecule has 5 atom stereocenters. The van der Waals surface area contributed by atoms with Crippen molar-refractivity contribution in [2.75, 3.05) is 31.6 Å². The van der Waals surface area contributed by atoms with Gasteiger partial charge in [-0.15, -0.1) is 0 Å². The summed E-state index contributed by atoms with van der Waals surface area (Å²) in [6.07, 6.45) is 7.78. The van der Waals surface area contributed by atoms with Gasteiger partial charge in [0, 0.05) is 36.7 Å². The minimum atomic E-state index is -0.925. The third-order valence-electron chi connectivity index (χ3n) is 9.40. The molecule has 3 aliphatic rings. The highest BCUT2D eigenvalue weighted by Crippen LogP contribution is 2.56. The molecule has 7 nitrogen and oxygen atoms in total. The number of halogens is 1. The summed E-state index contributed by atoms with van der Waals surface area (Å²) in [6.45, 7) is 8.73. The smallest absolute Gasteiger partial charge is 0.229 e. The highest BCUT2D eigenvalue weighted by atomic mass is 19.1. The molecule has 1 amide bonds. The molecule has 2 aliphatic heterocycles. The molecule has 0 spiro atoms. The lowest BCUT2D eigenvalue weighted by atomic mass is 9.83. The number of likely N-dealkylation sites (tertiary alicyclic amines) is 1. The van der Waals surface area contributed by atoms with Gasteiger partial charge in [0.15, 0.2) is 0 Å². The quantitative estimate of drug-likeness (QED) is 0.498. The molecule has 4 heterocycles. The Morgan fingerprint density at radius 3 is 2.66 bits per heavy atom. The van der Waals surface area contributed by atoms with Crippen LogP contribution in [0, 0.1) is 18.8 Å². The van der Waals surface area contributed by atoms with Crippen LogP contribution >= 0.6 is 0 Å².